The molecule has 0 amide bonds. The minimum absolute atomic E-state index is 0. The van der Waals surface area contributed by atoms with Crippen LogP contribution < -0.4 is 0 Å². The van der Waals surface area contributed by atoms with Crippen LogP contribution in [0.15, 0.2) is 0 Å². The van der Waals surface area contributed by atoms with Crippen molar-refractivity contribution in [2.24, 2.45) is 0 Å². The van der Waals surface area contributed by atoms with E-state index in [0.29, 0.717) is 0 Å². The van der Waals surface area contributed by atoms with Crippen LogP contribution in [0.3, 0.4) is 0 Å². The molecule has 0 heterocycles. The minimum atomic E-state index is -10.5. The first-order valence-corrected chi connectivity index (χ1v) is 2.78. The molecule has 0 aliphatic carbocycles. The third kappa shape index (κ3) is 5280. The van der Waals surface area contributed by atoms with Gasteiger partial charge in [-0.25, -0.2) is 0 Å². The number of rotatable bonds is 0. The smallest absolute Gasteiger partial charge is 0.0719 e. The summed E-state index contributed by atoms with van der Waals surface area (Å²) in [5, 5.41) is 0. The maximum Gasteiger partial charge on any atom is 0.431 e. The Hall–Kier alpha value is -0.161. The third-order valence-electron chi connectivity index (χ3n) is 0. The van der Waals surface area contributed by atoms with E-state index in [0.717, 1.165) is 0 Å². The maximum absolute atomic E-state index is 10.5. The predicted molar refractivity (Wildman–Crippen MR) is 14.2 cm³/mol. The van der Waals surface area contributed by atoms with Crippen molar-refractivity contribution in [3.8, 4) is 0 Å². The molecule has 50 valence electrons. The van der Waals surface area contributed by atoms with Gasteiger partial charge in [-0.2, -0.15) is 0 Å². The van der Waals surface area contributed by atoms with E-state index in [9.17, 15) is 23.3 Å². The van der Waals surface area contributed by atoms with E-state index < -0.39 is 10.6 Å². The molecule has 0 aromatic heterocycles. The first-order valence-electron chi connectivity index (χ1n) is 0.926. The molecule has 0 nitrogen and oxygen atoms in total. The van der Waals surface area contributed by atoms with E-state index >= 15 is 0 Å². The van der Waals surface area contributed by atoms with Crippen LogP contribution in [0.5, 0.6) is 0 Å². The topological polar surface area (TPSA) is 0 Å². The standard InChI is InChI=1S/F6S.He/c1-7(2,3,4,5)6;. The van der Waals surface area contributed by atoms with Crippen molar-refractivity contribution in [2.75, 3.05) is 0 Å². The zero-order chi connectivity index (χ0) is 6.41. The van der Waals surface area contributed by atoms with Crippen LogP contribution >= 0.6 is 10.6 Å². The Morgan fingerprint density at radius 3 is 0.625 bits per heavy atom. The summed E-state index contributed by atoms with van der Waals surface area (Å²) in [5.74, 6) is 0. The van der Waals surface area contributed by atoms with Gasteiger partial charge in [-0.05, 0) is 0 Å². The molecular formula is F6HeS. The fraction of sp³-hybridized carbons (Fsp3) is 0. The summed E-state index contributed by atoms with van der Waals surface area (Å²) in [5.41, 5.74) is 0. The second kappa shape index (κ2) is 1.06. The number of halogens is 6. The van der Waals surface area contributed by atoms with Crippen molar-refractivity contribution in [1.82, 2.24) is 0 Å². The Labute approximate surface area is 41.3 Å². The summed E-state index contributed by atoms with van der Waals surface area (Å²) < 4.78 is 59.1. The molecular weight excluding hydrogens is 150 g/mol. The quantitative estimate of drug-likeness (QED) is 0.465. The fourth-order valence-electron chi connectivity index (χ4n) is 0. The van der Waals surface area contributed by atoms with Crippen LogP contribution in [0.2, 0.25) is 0 Å². The molecule has 0 spiro atoms. The van der Waals surface area contributed by atoms with E-state index in [1.54, 1.807) is 0 Å². The van der Waals surface area contributed by atoms with Crippen LogP contribution in [0, 0.1) is 6.15 Å². The van der Waals surface area contributed by atoms with Gasteiger partial charge < -0.3 is 0 Å². The van der Waals surface area contributed by atoms with Crippen molar-refractivity contribution in [1.29, 1.82) is 0 Å². The summed E-state index contributed by atoms with van der Waals surface area (Å²) >= 11 is 0. The molecule has 0 aliphatic rings. The molecule has 0 radical (unpaired) electrons. The number of hydrogen-bond acceptors (Lipinski definition) is 0. The number of hydrogen-bond donors (Lipinski definition) is 0. The Bertz CT molecular complexity index is 67.1. The first kappa shape index (κ1) is 10.8. The summed E-state index contributed by atoms with van der Waals surface area (Å²) in [6, 6.07) is 0. The van der Waals surface area contributed by atoms with Gasteiger partial charge in [0.05, 0.1) is 0 Å². The van der Waals surface area contributed by atoms with Gasteiger partial charge >= 0.3 is 10.6 Å². The van der Waals surface area contributed by atoms with E-state index in [-0.39, 0.29) is 6.15 Å². The van der Waals surface area contributed by atoms with Gasteiger partial charge in [-0.15, -0.1) is 0 Å². The molecule has 0 atom stereocenters. The van der Waals surface area contributed by atoms with Gasteiger partial charge in [0.25, 0.3) is 0 Å². The van der Waals surface area contributed by atoms with Crippen LogP contribution in [-0.4, -0.2) is 0 Å². The summed E-state index contributed by atoms with van der Waals surface area (Å²) in [6.07, 6.45) is 0. The molecule has 0 aromatic carbocycles. The van der Waals surface area contributed by atoms with Gasteiger partial charge in [-0.3, -0.25) is 0 Å². The molecule has 0 bridgehead atoms. The minimum Gasteiger partial charge on any atom is -0.0719 e. The van der Waals surface area contributed by atoms with E-state index in [4.69, 9.17) is 0 Å². The second-order valence-electron chi connectivity index (χ2n) is 0.875. The summed E-state index contributed by atoms with van der Waals surface area (Å²) in [4.78, 5) is 0. The molecule has 0 N–H and O–H groups in total. The monoisotopic (exact) mass is 150 g/mol. The third-order valence-corrected chi connectivity index (χ3v) is 0. The van der Waals surface area contributed by atoms with Gasteiger partial charge in [0.2, 0.25) is 0 Å². The Morgan fingerprint density at radius 2 is 0.625 bits per heavy atom. The van der Waals surface area contributed by atoms with Crippen LogP contribution in [0.1, 0.15) is 0 Å². The zero-order valence-electron chi connectivity index (χ0n) is 3.38. The Balaban J connectivity index is 0. The second-order valence-corrected chi connectivity index (χ2v) is 2.62. The SMILES string of the molecule is FS(F)(F)(F)(F)F.[He]. The van der Waals surface area contributed by atoms with Crippen LogP contribution in [-0.2, 0) is 0 Å². The van der Waals surface area contributed by atoms with Crippen molar-refractivity contribution >= 4 is 10.6 Å². The largest absolute Gasteiger partial charge is 0.431 e. The maximum atomic E-state index is 9.85. The van der Waals surface area contributed by atoms with E-state index in [1.807, 2.05) is 0 Å². The van der Waals surface area contributed by atoms with Crippen LogP contribution in [0.25, 0.3) is 0 Å². The van der Waals surface area contributed by atoms with E-state index in [2.05, 4.69) is 0 Å². The van der Waals surface area contributed by atoms with Gasteiger partial charge in [0.15, 0.2) is 0 Å². The average molecular weight is 150 g/mol. The molecule has 0 unspecified atom stereocenters. The average Bonchev–Trinajstić information content (AvgIpc) is 0.592. The summed E-state index contributed by atoms with van der Waals surface area (Å²) in [7, 11) is -10.5. The Kier molecular flexibility index (Phi) is 1.42. The Morgan fingerprint density at radius 1 is 0.625 bits per heavy atom. The van der Waals surface area contributed by atoms with Gasteiger partial charge in [0, 0.05) is 6.15 Å². The van der Waals surface area contributed by atoms with Crippen molar-refractivity contribution in [3.05, 3.63) is 0 Å². The fourth-order valence-corrected chi connectivity index (χ4v) is 0. The van der Waals surface area contributed by atoms with Crippen molar-refractivity contribution < 1.29 is 29.5 Å². The molecule has 0 saturated heterocycles. The molecule has 0 saturated carbocycles. The summed E-state index contributed by atoms with van der Waals surface area (Å²) in [6.45, 7) is 0. The van der Waals surface area contributed by atoms with Crippen molar-refractivity contribution in [3.63, 3.8) is 0 Å². The molecule has 0 rings (SSSR count). The van der Waals surface area contributed by atoms with Crippen LogP contribution in [0.4, 0.5) is 23.3 Å². The normalized spacial score (nSPS) is 20.2. The first-order chi connectivity index (χ1) is 2.45. The molecule has 8 heteroatoms. The van der Waals surface area contributed by atoms with Gasteiger partial charge in [-0.1, -0.05) is 23.3 Å². The zero-order valence-corrected chi connectivity index (χ0v) is 4.20. The predicted octanol–water partition coefficient (Wildman–Crippen LogP) is 3.17. The van der Waals surface area contributed by atoms with E-state index in [1.165, 1.54) is 0 Å². The molecule has 0 fully saturated rings. The molecule has 0 aliphatic heterocycles. The van der Waals surface area contributed by atoms with Gasteiger partial charge in [0.1, 0.15) is 0 Å². The molecule has 0 aromatic rings. The molecule has 8 heavy (non-hydrogen) atoms. The van der Waals surface area contributed by atoms with Crippen molar-refractivity contribution in [2.45, 2.75) is 0 Å².